The van der Waals surface area contributed by atoms with Gasteiger partial charge >= 0.3 is 0 Å². The fourth-order valence-electron chi connectivity index (χ4n) is 2.34. The van der Waals surface area contributed by atoms with Crippen LogP contribution in [0.15, 0.2) is 47.4 Å². The van der Waals surface area contributed by atoms with Crippen molar-refractivity contribution in [2.45, 2.75) is 11.4 Å². The van der Waals surface area contributed by atoms with E-state index in [0.29, 0.717) is 18.0 Å². The van der Waals surface area contributed by atoms with Gasteiger partial charge in [0.2, 0.25) is 16.8 Å². The van der Waals surface area contributed by atoms with Crippen LogP contribution in [0.2, 0.25) is 0 Å². The van der Waals surface area contributed by atoms with Crippen molar-refractivity contribution in [3.63, 3.8) is 0 Å². The lowest BCUT2D eigenvalue weighted by atomic mass is 10.2. The molecule has 1 aliphatic rings. The van der Waals surface area contributed by atoms with Gasteiger partial charge in [-0.25, -0.2) is 12.7 Å². The van der Waals surface area contributed by atoms with Gasteiger partial charge in [-0.1, -0.05) is 12.1 Å². The Morgan fingerprint density at radius 2 is 1.88 bits per heavy atom. The number of fused-ring (bicyclic) bond motifs is 1. The summed E-state index contributed by atoms with van der Waals surface area (Å²) in [7, 11) is -0.692. The Labute approximate surface area is 146 Å². The molecule has 2 aromatic carbocycles. The highest BCUT2D eigenvalue weighted by Gasteiger charge is 2.19. The second kappa shape index (κ2) is 6.73. The van der Waals surface area contributed by atoms with Gasteiger partial charge in [0.05, 0.1) is 4.90 Å². The standard InChI is InChI=1S/C17H18N2O5S/c1-19(2)25(21,22)14-5-3-4-13(9-14)17(20)18-10-12-6-7-15-16(8-12)24-11-23-15/h3-9H,10-11H2,1-2H3,(H,18,20). The Hall–Kier alpha value is -2.58. The van der Waals surface area contributed by atoms with Crippen molar-refractivity contribution >= 4 is 15.9 Å². The third-order valence-electron chi connectivity index (χ3n) is 3.76. The van der Waals surface area contributed by atoms with Gasteiger partial charge < -0.3 is 14.8 Å². The molecule has 1 N–H and O–H groups in total. The summed E-state index contributed by atoms with van der Waals surface area (Å²) < 4.78 is 36.0. The van der Waals surface area contributed by atoms with Crippen molar-refractivity contribution < 1.29 is 22.7 Å². The van der Waals surface area contributed by atoms with Crippen molar-refractivity contribution in [2.24, 2.45) is 0 Å². The molecule has 0 spiro atoms. The second-order valence-electron chi connectivity index (χ2n) is 5.69. The summed E-state index contributed by atoms with van der Waals surface area (Å²) in [5, 5.41) is 2.77. The first kappa shape index (κ1) is 17.2. The number of sulfonamides is 1. The number of nitrogens with zero attached hydrogens (tertiary/aromatic N) is 1. The fourth-order valence-corrected chi connectivity index (χ4v) is 3.29. The summed E-state index contributed by atoms with van der Waals surface area (Å²) >= 11 is 0. The number of carbonyl (C=O) groups is 1. The van der Waals surface area contributed by atoms with Gasteiger partial charge in [0.1, 0.15) is 0 Å². The van der Waals surface area contributed by atoms with Crippen LogP contribution in [0.25, 0.3) is 0 Å². The minimum absolute atomic E-state index is 0.0771. The van der Waals surface area contributed by atoms with Crippen molar-refractivity contribution in [3.05, 3.63) is 53.6 Å². The first-order valence-electron chi connectivity index (χ1n) is 7.57. The first-order chi connectivity index (χ1) is 11.9. The van der Waals surface area contributed by atoms with E-state index in [0.717, 1.165) is 9.87 Å². The molecule has 0 atom stereocenters. The molecule has 7 nitrogen and oxygen atoms in total. The SMILES string of the molecule is CN(C)S(=O)(=O)c1cccc(C(=O)NCc2ccc3c(c2)OCO3)c1. The largest absolute Gasteiger partial charge is 0.454 e. The van der Waals surface area contributed by atoms with Crippen molar-refractivity contribution in [3.8, 4) is 11.5 Å². The topological polar surface area (TPSA) is 84.9 Å². The molecule has 132 valence electrons. The summed E-state index contributed by atoms with van der Waals surface area (Å²) in [4.78, 5) is 12.4. The van der Waals surface area contributed by atoms with Gasteiger partial charge in [0.15, 0.2) is 11.5 Å². The number of hydrogen-bond donors (Lipinski definition) is 1. The molecule has 25 heavy (non-hydrogen) atoms. The van der Waals surface area contributed by atoms with Crippen molar-refractivity contribution in [1.82, 2.24) is 9.62 Å². The maximum atomic E-state index is 12.3. The van der Waals surface area contributed by atoms with Gasteiger partial charge in [-0.05, 0) is 35.9 Å². The Kier molecular flexibility index (Phi) is 4.65. The number of nitrogens with one attached hydrogen (secondary N) is 1. The zero-order chi connectivity index (χ0) is 18.0. The van der Waals surface area contributed by atoms with Crippen LogP contribution in [-0.2, 0) is 16.6 Å². The molecule has 2 aromatic rings. The lowest BCUT2D eigenvalue weighted by Gasteiger charge is -2.12. The summed E-state index contributed by atoms with van der Waals surface area (Å²) in [6.45, 7) is 0.485. The molecule has 0 fully saturated rings. The van der Waals surface area contributed by atoms with Crippen LogP contribution in [0.4, 0.5) is 0 Å². The van der Waals surface area contributed by atoms with Crippen LogP contribution in [0.5, 0.6) is 11.5 Å². The zero-order valence-corrected chi connectivity index (χ0v) is 14.7. The number of carbonyl (C=O) groups excluding carboxylic acids is 1. The maximum Gasteiger partial charge on any atom is 0.251 e. The monoisotopic (exact) mass is 362 g/mol. The lowest BCUT2D eigenvalue weighted by molar-refractivity contribution is 0.0950. The quantitative estimate of drug-likeness (QED) is 0.873. The van der Waals surface area contributed by atoms with Crippen molar-refractivity contribution in [2.75, 3.05) is 20.9 Å². The second-order valence-corrected chi connectivity index (χ2v) is 7.84. The number of ether oxygens (including phenoxy) is 2. The Balaban J connectivity index is 1.72. The average Bonchev–Trinajstić information content (AvgIpc) is 3.07. The number of amides is 1. The molecule has 0 saturated carbocycles. The molecule has 0 radical (unpaired) electrons. The van der Waals surface area contributed by atoms with Crippen LogP contribution < -0.4 is 14.8 Å². The third kappa shape index (κ3) is 3.59. The van der Waals surface area contributed by atoms with E-state index in [4.69, 9.17) is 9.47 Å². The summed E-state index contributed by atoms with van der Waals surface area (Å²) in [6, 6.07) is 11.4. The zero-order valence-electron chi connectivity index (χ0n) is 13.9. The van der Waals surface area contributed by atoms with Gasteiger partial charge in [-0.3, -0.25) is 4.79 Å². The normalized spacial score (nSPS) is 13.1. The van der Waals surface area contributed by atoms with E-state index < -0.39 is 10.0 Å². The van der Waals surface area contributed by atoms with Gasteiger partial charge in [0.25, 0.3) is 5.91 Å². The van der Waals surface area contributed by atoms with Crippen LogP contribution in [0.3, 0.4) is 0 Å². The van der Waals surface area contributed by atoms with E-state index in [2.05, 4.69) is 5.32 Å². The lowest BCUT2D eigenvalue weighted by Crippen LogP contribution is -2.25. The molecular formula is C17H18N2O5S. The molecule has 0 aliphatic carbocycles. The highest BCUT2D eigenvalue weighted by molar-refractivity contribution is 7.89. The molecule has 8 heteroatoms. The van der Waals surface area contributed by atoms with E-state index >= 15 is 0 Å². The molecule has 0 bridgehead atoms. The van der Waals surface area contributed by atoms with E-state index in [1.54, 1.807) is 24.3 Å². The van der Waals surface area contributed by atoms with E-state index in [-0.39, 0.29) is 23.2 Å². The molecule has 0 aromatic heterocycles. The van der Waals surface area contributed by atoms with Crippen LogP contribution >= 0.6 is 0 Å². The van der Waals surface area contributed by atoms with Gasteiger partial charge in [-0.15, -0.1) is 0 Å². The van der Waals surface area contributed by atoms with E-state index in [1.165, 1.54) is 26.2 Å². The number of hydrogen-bond acceptors (Lipinski definition) is 5. The van der Waals surface area contributed by atoms with Crippen molar-refractivity contribution in [1.29, 1.82) is 0 Å². The minimum Gasteiger partial charge on any atom is -0.454 e. The molecule has 3 rings (SSSR count). The molecule has 1 amide bonds. The molecular weight excluding hydrogens is 344 g/mol. The highest BCUT2D eigenvalue weighted by atomic mass is 32.2. The number of benzene rings is 2. The summed E-state index contributed by atoms with van der Waals surface area (Å²) in [5.41, 5.74) is 1.14. The first-order valence-corrected chi connectivity index (χ1v) is 9.01. The Bertz CT molecular complexity index is 909. The van der Waals surface area contributed by atoms with E-state index in [9.17, 15) is 13.2 Å². The van der Waals surface area contributed by atoms with E-state index in [1.807, 2.05) is 6.07 Å². The average molecular weight is 362 g/mol. The molecule has 1 aliphatic heterocycles. The Morgan fingerprint density at radius 1 is 1.12 bits per heavy atom. The molecule has 0 saturated heterocycles. The van der Waals surface area contributed by atoms with Crippen LogP contribution in [0, 0.1) is 0 Å². The Morgan fingerprint density at radius 3 is 2.64 bits per heavy atom. The van der Waals surface area contributed by atoms with Crippen LogP contribution in [-0.4, -0.2) is 39.5 Å². The predicted molar refractivity (Wildman–Crippen MR) is 91.1 cm³/mol. The predicted octanol–water partition coefficient (Wildman–Crippen LogP) is 1.60. The minimum atomic E-state index is -3.58. The molecule has 0 unspecified atom stereocenters. The molecule has 1 heterocycles. The maximum absolute atomic E-state index is 12.3. The fraction of sp³-hybridized carbons (Fsp3) is 0.235. The highest BCUT2D eigenvalue weighted by Crippen LogP contribution is 2.32. The third-order valence-corrected chi connectivity index (χ3v) is 5.58. The van der Waals surface area contributed by atoms with Gasteiger partial charge in [-0.2, -0.15) is 0 Å². The number of rotatable bonds is 5. The smallest absolute Gasteiger partial charge is 0.251 e. The summed E-state index contributed by atoms with van der Waals surface area (Å²) in [5.74, 6) is 0.968. The summed E-state index contributed by atoms with van der Waals surface area (Å²) in [6.07, 6.45) is 0. The van der Waals surface area contributed by atoms with Crippen LogP contribution in [0.1, 0.15) is 15.9 Å². The van der Waals surface area contributed by atoms with Gasteiger partial charge in [0, 0.05) is 26.2 Å².